The number of hydrogen-bond donors (Lipinski definition) is 5. The van der Waals surface area contributed by atoms with E-state index in [4.69, 9.17) is 11.6 Å². The van der Waals surface area contributed by atoms with E-state index in [1.165, 1.54) is 22.4 Å². The molecule has 20 heteroatoms. The number of nitrogens with one attached hydrogen (secondary N) is 4. The molecular weight excluding hydrogens is 902 g/mol. The number of amides is 5. The maximum atomic E-state index is 14.1. The number of aryl methyl sites for hydroxylation is 3. The average Bonchev–Trinajstić information content (AvgIpc) is 4.04. The van der Waals surface area contributed by atoms with Crippen molar-refractivity contribution in [3.63, 3.8) is 0 Å². The van der Waals surface area contributed by atoms with Crippen LogP contribution in [0.25, 0.3) is 10.4 Å². The SMILES string of the molecule is Cc1nc(Nc2ncc(C(=O)Nc3c(C)cccc3Cl)s2)cc(N2CCN(C(=O)CCC(=O)NC(C(=O)N3C[C@H](O)C[C@H]3C(=O)NCc3ccc(-c4scnc4C)cc3)C(C)(C)C)CC2)n1. The minimum atomic E-state index is -1.01. The van der Waals surface area contributed by atoms with E-state index in [-0.39, 0.29) is 44.2 Å². The van der Waals surface area contributed by atoms with Gasteiger partial charge in [0.15, 0.2) is 5.13 Å². The van der Waals surface area contributed by atoms with Crippen LogP contribution in [0.5, 0.6) is 0 Å². The maximum absolute atomic E-state index is 14.1. The molecule has 3 atom stereocenters. The number of carbonyl (C=O) groups excluding carboxylic acids is 5. The monoisotopic (exact) mass is 955 g/mol. The van der Waals surface area contributed by atoms with E-state index in [0.29, 0.717) is 64.4 Å². The number of para-hydroxylation sites is 1. The number of halogens is 1. The molecule has 0 bridgehead atoms. The average molecular weight is 957 g/mol. The Labute approximate surface area is 396 Å². The molecule has 2 aliphatic rings. The fraction of sp³-hybridized carbons (Fsp3) is 0.413. The number of aromatic nitrogens is 4. The Morgan fingerprint density at radius 2 is 1.70 bits per heavy atom. The van der Waals surface area contributed by atoms with Crippen LogP contribution < -0.4 is 26.2 Å². The summed E-state index contributed by atoms with van der Waals surface area (Å²) in [6.45, 7) is 13.0. The van der Waals surface area contributed by atoms with Crippen LogP contribution in [-0.2, 0) is 25.7 Å². The molecule has 0 radical (unpaired) electrons. The fourth-order valence-electron chi connectivity index (χ4n) is 7.87. The van der Waals surface area contributed by atoms with Gasteiger partial charge in [-0.1, -0.05) is 80.1 Å². The molecule has 2 aromatic carbocycles. The van der Waals surface area contributed by atoms with Gasteiger partial charge in [0.2, 0.25) is 23.6 Å². The zero-order valence-corrected chi connectivity index (χ0v) is 40.1. The number of β-amino-alcohol motifs (C(OH)–C–C–N with tert-alkyl or cyclic N) is 1. The van der Waals surface area contributed by atoms with Crippen LogP contribution in [0.1, 0.15) is 72.4 Å². The summed E-state index contributed by atoms with van der Waals surface area (Å²) in [6.07, 6.45) is 0.470. The number of aliphatic hydroxyl groups is 1. The quantitative estimate of drug-likeness (QED) is 0.0885. The predicted octanol–water partition coefficient (Wildman–Crippen LogP) is 5.87. The van der Waals surface area contributed by atoms with Crippen molar-refractivity contribution in [3.8, 4) is 10.4 Å². The van der Waals surface area contributed by atoms with Crippen LogP contribution >= 0.6 is 34.3 Å². The second kappa shape index (κ2) is 20.7. The van der Waals surface area contributed by atoms with Crippen molar-refractivity contribution in [3.05, 3.63) is 92.8 Å². The first-order chi connectivity index (χ1) is 31.4. The van der Waals surface area contributed by atoms with Gasteiger partial charge in [0.05, 0.1) is 39.1 Å². The van der Waals surface area contributed by atoms with Gasteiger partial charge < -0.3 is 41.1 Å². The Balaban J connectivity index is 0.881. The molecule has 348 valence electrons. The number of aliphatic hydroxyl groups excluding tert-OH is 1. The van der Waals surface area contributed by atoms with Crippen LogP contribution in [-0.4, -0.2) is 115 Å². The number of rotatable bonds is 14. The topological polar surface area (TPSA) is 215 Å². The number of thiazole rings is 2. The molecule has 3 aromatic heterocycles. The Morgan fingerprint density at radius 1 is 0.955 bits per heavy atom. The Hall–Kier alpha value is -6.02. The number of carbonyl (C=O) groups is 5. The summed E-state index contributed by atoms with van der Waals surface area (Å²) < 4.78 is 0. The van der Waals surface area contributed by atoms with Crippen LogP contribution in [0.2, 0.25) is 5.02 Å². The molecule has 0 saturated carbocycles. The Kier molecular flexibility index (Phi) is 15.0. The summed E-state index contributed by atoms with van der Waals surface area (Å²) in [5, 5.41) is 23.3. The lowest BCUT2D eigenvalue weighted by Gasteiger charge is -2.36. The highest BCUT2D eigenvalue weighted by atomic mass is 35.5. The van der Waals surface area contributed by atoms with E-state index in [1.807, 2.05) is 75.9 Å². The van der Waals surface area contributed by atoms with Crippen molar-refractivity contribution in [1.29, 1.82) is 0 Å². The fourth-order valence-corrected chi connectivity index (χ4v) is 9.67. The van der Waals surface area contributed by atoms with E-state index in [2.05, 4.69) is 41.2 Å². The van der Waals surface area contributed by atoms with Gasteiger partial charge in [-0.25, -0.2) is 19.9 Å². The molecule has 2 aliphatic heterocycles. The lowest BCUT2D eigenvalue weighted by atomic mass is 9.85. The van der Waals surface area contributed by atoms with Gasteiger partial charge in [-0.2, -0.15) is 0 Å². The van der Waals surface area contributed by atoms with Gasteiger partial charge in [0, 0.05) is 64.6 Å². The second-order valence-electron chi connectivity index (χ2n) is 17.5. The summed E-state index contributed by atoms with van der Waals surface area (Å²) in [4.78, 5) is 91.7. The number of nitrogens with zero attached hydrogens (tertiary/aromatic N) is 7. The van der Waals surface area contributed by atoms with Crippen LogP contribution in [0.3, 0.4) is 0 Å². The minimum absolute atomic E-state index is 0.0440. The van der Waals surface area contributed by atoms with Crippen LogP contribution in [0, 0.1) is 26.2 Å². The van der Waals surface area contributed by atoms with Crippen molar-refractivity contribution in [1.82, 2.24) is 40.4 Å². The molecule has 5 heterocycles. The summed E-state index contributed by atoms with van der Waals surface area (Å²) in [5.41, 5.74) is 5.32. The summed E-state index contributed by atoms with van der Waals surface area (Å²) >= 11 is 9.03. The molecule has 17 nitrogen and oxygen atoms in total. The van der Waals surface area contributed by atoms with Crippen molar-refractivity contribution < 1.29 is 29.1 Å². The van der Waals surface area contributed by atoms with Gasteiger partial charge in [-0.15, -0.1) is 11.3 Å². The largest absolute Gasteiger partial charge is 0.391 e. The highest BCUT2D eigenvalue weighted by molar-refractivity contribution is 7.17. The standard InChI is InChI=1S/C46H54ClN11O6S2/c1-26-8-7-9-32(47)39(26)55-43(63)34-23-49-45(66-34)53-35-21-36(52-28(3)51-35)56-16-18-57(19-17-56)38(61)15-14-37(60)54-41(46(4,5)6)44(64)58-24-31(59)20-33(58)42(62)48-22-29-10-12-30(13-11-29)40-27(2)50-25-65-40/h7-13,21,23,25,31,33,41,59H,14-20,22,24H2,1-6H3,(H,48,62)(H,54,60)(H,55,63)(H,49,51,52,53)/t31-,33+,41?/m1/s1. The third-order valence-electron chi connectivity index (χ3n) is 11.5. The molecule has 7 rings (SSSR count). The normalized spacial score (nSPS) is 16.8. The number of piperazine rings is 1. The van der Waals surface area contributed by atoms with E-state index < -0.39 is 41.3 Å². The predicted molar refractivity (Wildman–Crippen MR) is 256 cm³/mol. The van der Waals surface area contributed by atoms with E-state index in [9.17, 15) is 29.1 Å². The lowest BCUT2D eigenvalue weighted by Crippen LogP contribution is -2.57. The number of hydrogen-bond acceptors (Lipinski definition) is 14. The van der Waals surface area contributed by atoms with Crippen molar-refractivity contribution in [2.24, 2.45) is 5.41 Å². The summed E-state index contributed by atoms with van der Waals surface area (Å²) in [7, 11) is 0. The molecule has 2 fully saturated rings. The number of likely N-dealkylation sites (tertiary alicyclic amines) is 1. The molecular formula is C46H54ClN11O6S2. The van der Waals surface area contributed by atoms with Crippen molar-refractivity contribution >= 4 is 86.3 Å². The lowest BCUT2D eigenvalue weighted by molar-refractivity contribution is -0.144. The third kappa shape index (κ3) is 11.7. The van der Waals surface area contributed by atoms with Gasteiger partial charge in [-0.3, -0.25) is 24.0 Å². The van der Waals surface area contributed by atoms with Crippen molar-refractivity contribution in [2.45, 2.75) is 85.5 Å². The van der Waals surface area contributed by atoms with Gasteiger partial charge >= 0.3 is 0 Å². The molecule has 5 amide bonds. The zero-order valence-electron chi connectivity index (χ0n) is 37.7. The first-order valence-electron chi connectivity index (χ1n) is 21.7. The highest BCUT2D eigenvalue weighted by Crippen LogP contribution is 2.31. The van der Waals surface area contributed by atoms with Crippen LogP contribution in [0.4, 0.5) is 22.5 Å². The molecule has 1 unspecified atom stereocenters. The number of anilines is 4. The summed E-state index contributed by atoms with van der Waals surface area (Å²) in [6, 6.07) is 13.1. The molecule has 5 aromatic rings. The van der Waals surface area contributed by atoms with E-state index >= 15 is 0 Å². The van der Waals surface area contributed by atoms with Gasteiger partial charge in [0.1, 0.15) is 34.4 Å². The third-order valence-corrected chi connectivity index (χ3v) is 13.7. The minimum Gasteiger partial charge on any atom is -0.391 e. The Bertz CT molecular complexity index is 2570. The molecule has 2 saturated heterocycles. The first-order valence-corrected chi connectivity index (χ1v) is 23.7. The molecule has 0 spiro atoms. The van der Waals surface area contributed by atoms with Crippen molar-refractivity contribution in [2.75, 3.05) is 48.3 Å². The van der Waals surface area contributed by atoms with Gasteiger partial charge in [0.25, 0.3) is 5.91 Å². The smallest absolute Gasteiger partial charge is 0.267 e. The molecule has 0 aliphatic carbocycles. The van der Waals surface area contributed by atoms with E-state index in [1.54, 1.807) is 40.8 Å². The van der Waals surface area contributed by atoms with E-state index in [0.717, 1.165) is 27.3 Å². The summed E-state index contributed by atoms with van der Waals surface area (Å²) in [5.74, 6) is -0.165. The van der Waals surface area contributed by atoms with Crippen LogP contribution in [0.15, 0.2) is 60.2 Å². The molecule has 66 heavy (non-hydrogen) atoms. The maximum Gasteiger partial charge on any atom is 0.267 e. The zero-order chi connectivity index (χ0) is 47.3. The number of benzene rings is 2. The molecule has 5 N–H and O–H groups in total. The second-order valence-corrected chi connectivity index (χ2v) is 19.8. The first kappa shape index (κ1) is 47.9. The highest BCUT2D eigenvalue weighted by Gasteiger charge is 2.44. The van der Waals surface area contributed by atoms with Gasteiger partial charge in [-0.05, 0) is 48.9 Å². The Morgan fingerprint density at radius 3 is 2.38 bits per heavy atom.